The third-order valence-electron chi connectivity index (χ3n) is 4.67. The second-order valence-corrected chi connectivity index (χ2v) is 6.23. The van der Waals surface area contributed by atoms with Crippen LogP contribution in [0.15, 0.2) is 30.3 Å². The number of ether oxygens (including phenoxy) is 1. The molecule has 3 nitrogen and oxygen atoms in total. The number of esters is 1. The lowest BCUT2D eigenvalue weighted by Gasteiger charge is -2.34. The highest BCUT2D eigenvalue weighted by atomic mass is 16.5. The van der Waals surface area contributed by atoms with Gasteiger partial charge in [0, 0.05) is 0 Å². The summed E-state index contributed by atoms with van der Waals surface area (Å²) in [6.45, 7) is 2.67. The number of carbonyl (C=O) groups is 1. The standard InChI is InChI=1S/C18H27NO2/c1-2-15-10-12-18(19,13-11-15)17(20)21-14-6-9-16-7-4-3-5-8-16/h3-5,7-8,15H,2,6,9-14,19H2,1H3. The Morgan fingerprint density at radius 2 is 1.95 bits per heavy atom. The third-order valence-corrected chi connectivity index (χ3v) is 4.67. The molecule has 0 amide bonds. The highest BCUT2D eigenvalue weighted by Gasteiger charge is 2.39. The molecule has 3 heteroatoms. The average Bonchev–Trinajstić information content (AvgIpc) is 2.53. The molecule has 0 aromatic heterocycles. The summed E-state index contributed by atoms with van der Waals surface area (Å²) in [6.07, 6.45) is 6.60. The predicted molar refractivity (Wildman–Crippen MR) is 84.9 cm³/mol. The molecular weight excluding hydrogens is 262 g/mol. The third kappa shape index (κ3) is 4.57. The lowest BCUT2D eigenvalue weighted by atomic mass is 9.76. The predicted octanol–water partition coefficient (Wildman–Crippen LogP) is 3.46. The number of nitrogens with two attached hydrogens (primary N) is 1. The maximum Gasteiger partial charge on any atom is 0.326 e. The zero-order chi connectivity index (χ0) is 15.1. The maximum absolute atomic E-state index is 12.2. The fourth-order valence-corrected chi connectivity index (χ4v) is 3.03. The molecule has 116 valence electrons. The molecule has 1 aliphatic carbocycles. The van der Waals surface area contributed by atoms with E-state index in [2.05, 4.69) is 19.1 Å². The van der Waals surface area contributed by atoms with Crippen molar-refractivity contribution in [3.8, 4) is 0 Å². The first-order valence-corrected chi connectivity index (χ1v) is 8.14. The molecule has 1 aromatic rings. The first-order chi connectivity index (χ1) is 10.1. The Hall–Kier alpha value is -1.35. The minimum absolute atomic E-state index is 0.204. The van der Waals surface area contributed by atoms with Crippen molar-refractivity contribution in [1.82, 2.24) is 0 Å². The number of carbonyl (C=O) groups excluding carboxylic acids is 1. The molecule has 0 atom stereocenters. The molecule has 2 rings (SSSR count). The molecule has 0 saturated heterocycles. The van der Waals surface area contributed by atoms with Crippen LogP contribution in [0.2, 0.25) is 0 Å². The van der Waals surface area contributed by atoms with Gasteiger partial charge in [0.2, 0.25) is 0 Å². The molecule has 0 unspecified atom stereocenters. The first-order valence-electron chi connectivity index (χ1n) is 8.14. The van der Waals surface area contributed by atoms with E-state index in [9.17, 15) is 4.79 Å². The molecule has 0 heterocycles. The van der Waals surface area contributed by atoms with Crippen LogP contribution < -0.4 is 5.73 Å². The minimum atomic E-state index is -0.738. The fraction of sp³-hybridized carbons (Fsp3) is 0.611. The average molecular weight is 289 g/mol. The molecule has 0 bridgehead atoms. The molecule has 21 heavy (non-hydrogen) atoms. The van der Waals surface area contributed by atoms with E-state index < -0.39 is 5.54 Å². The summed E-state index contributed by atoms with van der Waals surface area (Å²) >= 11 is 0. The summed E-state index contributed by atoms with van der Waals surface area (Å²) < 4.78 is 5.41. The van der Waals surface area contributed by atoms with Crippen molar-refractivity contribution >= 4 is 5.97 Å². The Bertz CT molecular complexity index is 436. The van der Waals surface area contributed by atoms with Crippen molar-refractivity contribution in [1.29, 1.82) is 0 Å². The van der Waals surface area contributed by atoms with E-state index in [1.54, 1.807) is 0 Å². The van der Waals surface area contributed by atoms with Gasteiger partial charge >= 0.3 is 5.97 Å². The Kier molecular flexibility index (Phi) is 5.80. The number of aryl methyl sites for hydroxylation is 1. The summed E-state index contributed by atoms with van der Waals surface area (Å²) in [6, 6.07) is 10.3. The quantitative estimate of drug-likeness (QED) is 0.644. The number of benzene rings is 1. The molecule has 0 spiro atoms. The van der Waals surface area contributed by atoms with Gasteiger partial charge in [-0.2, -0.15) is 0 Å². The van der Waals surface area contributed by atoms with Crippen LogP contribution in [-0.4, -0.2) is 18.1 Å². The van der Waals surface area contributed by atoms with E-state index in [0.717, 1.165) is 44.4 Å². The van der Waals surface area contributed by atoms with Crippen molar-refractivity contribution in [2.75, 3.05) is 6.61 Å². The number of hydrogen-bond donors (Lipinski definition) is 1. The smallest absolute Gasteiger partial charge is 0.326 e. The zero-order valence-electron chi connectivity index (χ0n) is 13.0. The Morgan fingerprint density at radius 1 is 1.29 bits per heavy atom. The van der Waals surface area contributed by atoms with Crippen LogP contribution in [0.25, 0.3) is 0 Å². The summed E-state index contributed by atoms with van der Waals surface area (Å²) in [5.41, 5.74) is 6.78. The molecule has 0 aliphatic heterocycles. The highest BCUT2D eigenvalue weighted by molar-refractivity contribution is 5.80. The molecule has 1 fully saturated rings. The summed E-state index contributed by atoms with van der Waals surface area (Å²) in [7, 11) is 0. The largest absolute Gasteiger partial charge is 0.464 e. The molecule has 0 radical (unpaired) electrons. The maximum atomic E-state index is 12.2. The second kappa shape index (κ2) is 7.60. The summed E-state index contributed by atoms with van der Waals surface area (Å²) in [5.74, 6) is 0.526. The van der Waals surface area contributed by atoms with Gasteiger partial charge in [0.25, 0.3) is 0 Å². The second-order valence-electron chi connectivity index (χ2n) is 6.23. The van der Waals surface area contributed by atoms with Gasteiger partial charge in [0.15, 0.2) is 0 Å². The first kappa shape index (κ1) is 16.0. The van der Waals surface area contributed by atoms with E-state index in [4.69, 9.17) is 10.5 Å². The van der Waals surface area contributed by atoms with E-state index >= 15 is 0 Å². The van der Waals surface area contributed by atoms with Crippen molar-refractivity contribution in [2.24, 2.45) is 11.7 Å². The van der Waals surface area contributed by atoms with Gasteiger partial charge in [0.05, 0.1) is 6.61 Å². The fourth-order valence-electron chi connectivity index (χ4n) is 3.03. The monoisotopic (exact) mass is 289 g/mol. The Labute approximate surface area is 127 Å². The van der Waals surface area contributed by atoms with E-state index in [1.807, 2.05) is 18.2 Å². The topological polar surface area (TPSA) is 52.3 Å². The molecule has 1 aromatic carbocycles. The van der Waals surface area contributed by atoms with Crippen LogP contribution >= 0.6 is 0 Å². The van der Waals surface area contributed by atoms with Crippen LogP contribution in [0.3, 0.4) is 0 Å². The van der Waals surface area contributed by atoms with E-state index in [1.165, 1.54) is 12.0 Å². The minimum Gasteiger partial charge on any atom is -0.464 e. The van der Waals surface area contributed by atoms with E-state index in [-0.39, 0.29) is 5.97 Å². The number of hydrogen-bond acceptors (Lipinski definition) is 3. The van der Waals surface area contributed by atoms with Crippen LogP contribution in [0.1, 0.15) is 51.0 Å². The lowest BCUT2D eigenvalue weighted by molar-refractivity contribution is -0.152. The molecule has 1 saturated carbocycles. The van der Waals surface area contributed by atoms with Crippen molar-refractivity contribution in [2.45, 2.75) is 57.4 Å². The van der Waals surface area contributed by atoms with Gasteiger partial charge in [0.1, 0.15) is 5.54 Å². The summed E-state index contributed by atoms with van der Waals surface area (Å²) in [4.78, 5) is 12.2. The van der Waals surface area contributed by atoms with Gasteiger partial charge in [-0.1, -0.05) is 43.7 Å². The Morgan fingerprint density at radius 3 is 2.57 bits per heavy atom. The lowest BCUT2D eigenvalue weighted by Crippen LogP contribution is -2.51. The van der Waals surface area contributed by atoms with Gasteiger partial charge in [-0.05, 0) is 50.0 Å². The highest BCUT2D eigenvalue weighted by Crippen LogP contribution is 2.32. The van der Waals surface area contributed by atoms with Crippen molar-refractivity contribution in [3.05, 3.63) is 35.9 Å². The molecular formula is C18H27NO2. The van der Waals surface area contributed by atoms with Crippen LogP contribution in [0.5, 0.6) is 0 Å². The normalized spacial score (nSPS) is 25.5. The summed E-state index contributed by atoms with van der Waals surface area (Å²) in [5, 5.41) is 0. The van der Waals surface area contributed by atoms with Crippen LogP contribution in [-0.2, 0) is 16.0 Å². The van der Waals surface area contributed by atoms with Gasteiger partial charge in [-0.3, -0.25) is 4.79 Å². The zero-order valence-corrected chi connectivity index (χ0v) is 13.0. The molecule has 2 N–H and O–H groups in total. The van der Waals surface area contributed by atoms with Gasteiger partial charge in [-0.15, -0.1) is 0 Å². The van der Waals surface area contributed by atoms with E-state index in [0.29, 0.717) is 6.61 Å². The van der Waals surface area contributed by atoms with Crippen molar-refractivity contribution < 1.29 is 9.53 Å². The van der Waals surface area contributed by atoms with Crippen LogP contribution in [0.4, 0.5) is 0 Å². The van der Waals surface area contributed by atoms with Crippen LogP contribution in [0, 0.1) is 5.92 Å². The number of rotatable bonds is 6. The van der Waals surface area contributed by atoms with Crippen molar-refractivity contribution in [3.63, 3.8) is 0 Å². The van der Waals surface area contributed by atoms with Gasteiger partial charge < -0.3 is 10.5 Å². The molecule has 1 aliphatic rings. The Balaban J connectivity index is 1.69. The van der Waals surface area contributed by atoms with Gasteiger partial charge in [-0.25, -0.2) is 0 Å². The SMILES string of the molecule is CCC1CCC(N)(C(=O)OCCCc2ccccc2)CC1.